The quantitative estimate of drug-likeness (QED) is 0.634. The highest BCUT2D eigenvalue weighted by atomic mass is 19.1. The first-order valence-electron chi connectivity index (χ1n) is 7.49. The summed E-state index contributed by atoms with van der Waals surface area (Å²) in [6, 6.07) is 5.95. The molecule has 0 aromatic heterocycles. The van der Waals surface area contributed by atoms with Gasteiger partial charge in [-0.05, 0) is 43.5 Å². The number of hydrogen-bond donors (Lipinski definition) is 0. The zero-order valence-electron chi connectivity index (χ0n) is 12.6. The van der Waals surface area contributed by atoms with Crippen LogP contribution in [-0.4, -0.2) is 36.5 Å². The topological polar surface area (TPSA) is 46.6 Å². The van der Waals surface area contributed by atoms with E-state index in [4.69, 9.17) is 4.74 Å². The number of amides is 1. The Balaban J connectivity index is 1.84. The Labute approximate surface area is 129 Å². The molecule has 1 saturated heterocycles. The summed E-state index contributed by atoms with van der Waals surface area (Å²) < 4.78 is 17.8. The molecule has 0 saturated carbocycles. The first-order valence-corrected chi connectivity index (χ1v) is 7.49. The highest BCUT2D eigenvalue weighted by molar-refractivity contribution is 5.92. The molecule has 1 heterocycles. The van der Waals surface area contributed by atoms with E-state index < -0.39 is 0 Å². The first kappa shape index (κ1) is 16.2. The van der Waals surface area contributed by atoms with E-state index in [1.165, 1.54) is 18.2 Å². The van der Waals surface area contributed by atoms with Gasteiger partial charge in [-0.15, -0.1) is 0 Å². The second kappa shape index (κ2) is 7.73. The summed E-state index contributed by atoms with van der Waals surface area (Å²) in [5.41, 5.74) is 0.774. The lowest BCUT2D eigenvalue weighted by atomic mass is 9.97. The van der Waals surface area contributed by atoms with Crippen molar-refractivity contribution >= 4 is 18.0 Å². The number of rotatable bonds is 4. The second-order valence-corrected chi connectivity index (χ2v) is 5.24. The average molecular weight is 305 g/mol. The van der Waals surface area contributed by atoms with Gasteiger partial charge in [-0.1, -0.05) is 12.1 Å². The maximum Gasteiger partial charge on any atom is 0.309 e. The molecular formula is C17H20FNO3. The van der Waals surface area contributed by atoms with Crippen LogP contribution in [0.3, 0.4) is 0 Å². The Bertz CT molecular complexity index is 546. The highest BCUT2D eigenvalue weighted by Crippen LogP contribution is 2.19. The molecule has 0 radical (unpaired) electrons. The molecule has 1 aliphatic heterocycles. The first-order chi connectivity index (χ1) is 10.6. The summed E-state index contributed by atoms with van der Waals surface area (Å²) in [5.74, 6) is -0.669. The van der Waals surface area contributed by atoms with Crippen molar-refractivity contribution in [2.75, 3.05) is 19.7 Å². The van der Waals surface area contributed by atoms with Gasteiger partial charge in [-0.25, -0.2) is 4.39 Å². The third-order valence-corrected chi connectivity index (χ3v) is 3.71. The van der Waals surface area contributed by atoms with Crippen LogP contribution in [0.5, 0.6) is 0 Å². The molecule has 118 valence electrons. The molecule has 5 heteroatoms. The third-order valence-electron chi connectivity index (χ3n) is 3.71. The van der Waals surface area contributed by atoms with Crippen molar-refractivity contribution in [3.63, 3.8) is 0 Å². The van der Waals surface area contributed by atoms with Crippen molar-refractivity contribution in [2.45, 2.75) is 19.8 Å². The SMILES string of the molecule is CCOC(=O)C1CCN(C(=O)C=Cc2ccc(F)cc2)CC1. The third kappa shape index (κ3) is 4.41. The normalized spacial score (nSPS) is 16.0. The lowest BCUT2D eigenvalue weighted by Crippen LogP contribution is -2.39. The molecule has 1 aromatic carbocycles. The van der Waals surface area contributed by atoms with Gasteiger partial charge in [0, 0.05) is 19.2 Å². The molecule has 4 nitrogen and oxygen atoms in total. The Morgan fingerprint density at radius 2 is 1.91 bits per heavy atom. The van der Waals surface area contributed by atoms with Crippen LogP contribution in [0, 0.1) is 11.7 Å². The molecular weight excluding hydrogens is 285 g/mol. The number of benzene rings is 1. The second-order valence-electron chi connectivity index (χ2n) is 5.24. The fourth-order valence-electron chi connectivity index (χ4n) is 2.44. The standard InChI is InChI=1S/C17H20FNO3/c1-2-22-17(21)14-9-11-19(12-10-14)16(20)8-5-13-3-6-15(18)7-4-13/h3-8,14H,2,9-12H2,1H3. The number of carbonyl (C=O) groups excluding carboxylic acids is 2. The van der Waals surface area contributed by atoms with E-state index in [9.17, 15) is 14.0 Å². The largest absolute Gasteiger partial charge is 0.466 e. The van der Waals surface area contributed by atoms with Gasteiger partial charge in [0.1, 0.15) is 5.82 Å². The molecule has 0 unspecified atom stereocenters. The van der Waals surface area contributed by atoms with Gasteiger partial charge in [0.15, 0.2) is 0 Å². The maximum absolute atomic E-state index is 12.8. The van der Waals surface area contributed by atoms with Gasteiger partial charge in [-0.3, -0.25) is 9.59 Å². The summed E-state index contributed by atoms with van der Waals surface area (Å²) in [6.45, 7) is 3.28. The number of esters is 1. The number of piperidine rings is 1. The van der Waals surface area contributed by atoms with Crippen molar-refractivity contribution in [1.29, 1.82) is 0 Å². The van der Waals surface area contributed by atoms with E-state index in [0.29, 0.717) is 32.5 Å². The van der Waals surface area contributed by atoms with Crippen LogP contribution in [-0.2, 0) is 14.3 Å². The van der Waals surface area contributed by atoms with Crippen molar-refractivity contribution in [1.82, 2.24) is 4.90 Å². The van der Waals surface area contributed by atoms with Crippen molar-refractivity contribution in [3.05, 3.63) is 41.7 Å². The van der Waals surface area contributed by atoms with Crippen LogP contribution in [0.25, 0.3) is 6.08 Å². The Hall–Kier alpha value is -2.17. The summed E-state index contributed by atoms with van der Waals surface area (Å²) >= 11 is 0. The van der Waals surface area contributed by atoms with Crippen molar-refractivity contribution in [2.24, 2.45) is 5.92 Å². The number of carbonyl (C=O) groups is 2. The van der Waals surface area contributed by atoms with Crippen LogP contribution in [0.1, 0.15) is 25.3 Å². The Morgan fingerprint density at radius 3 is 2.50 bits per heavy atom. The molecule has 1 amide bonds. The Kier molecular flexibility index (Phi) is 5.69. The molecule has 0 N–H and O–H groups in total. The van der Waals surface area contributed by atoms with Gasteiger partial charge in [-0.2, -0.15) is 0 Å². The molecule has 0 spiro atoms. The fourth-order valence-corrected chi connectivity index (χ4v) is 2.44. The predicted molar refractivity (Wildman–Crippen MR) is 81.4 cm³/mol. The van der Waals surface area contributed by atoms with Crippen LogP contribution in [0.15, 0.2) is 30.3 Å². The molecule has 2 rings (SSSR count). The highest BCUT2D eigenvalue weighted by Gasteiger charge is 2.27. The van der Waals surface area contributed by atoms with E-state index in [0.717, 1.165) is 5.56 Å². The smallest absolute Gasteiger partial charge is 0.309 e. The number of halogens is 1. The average Bonchev–Trinajstić information content (AvgIpc) is 2.54. The van der Waals surface area contributed by atoms with E-state index in [1.54, 1.807) is 30.0 Å². The lowest BCUT2D eigenvalue weighted by molar-refractivity contribution is -0.150. The van der Waals surface area contributed by atoms with Crippen molar-refractivity contribution in [3.8, 4) is 0 Å². The van der Waals surface area contributed by atoms with Gasteiger partial charge in [0.05, 0.1) is 12.5 Å². The molecule has 1 fully saturated rings. The molecule has 1 aromatic rings. The molecule has 22 heavy (non-hydrogen) atoms. The summed E-state index contributed by atoms with van der Waals surface area (Å²) in [6.07, 6.45) is 4.42. The summed E-state index contributed by atoms with van der Waals surface area (Å²) in [7, 11) is 0. The number of ether oxygens (including phenoxy) is 1. The lowest BCUT2D eigenvalue weighted by Gasteiger charge is -2.30. The monoisotopic (exact) mass is 305 g/mol. The van der Waals surface area contributed by atoms with E-state index in [1.807, 2.05) is 0 Å². The minimum Gasteiger partial charge on any atom is -0.466 e. The predicted octanol–water partition coefficient (Wildman–Crippen LogP) is 2.64. The van der Waals surface area contributed by atoms with Gasteiger partial charge >= 0.3 is 5.97 Å². The zero-order valence-corrected chi connectivity index (χ0v) is 12.6. The minimum atomic E-state index is -0.301. The molecule has 0 atom stereocenters. The Morgan fingerprint density at radius 1 is 1.27 bits per heavy atom. The number of nitrogens with zero attached hydrogens (tertiary/aromatic N) is 1. The summed E-state index contributed by atoms with van der Waals surface area (Å²) in [5, 5.41) is 0. The minimum absolute atomic E-state index is 0.0911. The molecule has 0 aliphatic carbocycles. The van der Waals surface area contributed by atoms with Crippen molar-refractivity contribution < 1.29 is 18.7 Å². The van der Waals surface area contributed by atoms with E-state index in [-0.39, 0.29) is 23.6 Å². The van der Waals surface area contributed by atoms with Crippen LogP contribution in [0.4, 0.5) is 4.39 Å². The van der Waals surface area contributed by atoms with Crippen LogP contribution < -0.4 is 0 Å². The number of hydrogen-bond acceptors (Lipinski definition) is 3. The van der Waals surface area contributed by atoms with Crippen LogP contribution >= 0.6 is 0 Å². The van der Waals surface area contributed by atoms with Gasteiger partial charge in [0.25, 0.3) is 0 Å². The fraction of sp³-hybridized carbons (Fsp3) is 0.412. The van der Waals surface area contributed by atoms with E-state index in [2.05, 4.69) is 0 Å². The molecule has 0 bridgehead atoms. The van der Waals surface area contributed by atoms with E-state index >= 15 is 0 Å². The van der Waals surface area contributed by atoms with Gasteiger partial charge < -0.3 is 9.64 Å². The molecule has 1 aliphatic rings. The maximum atomic E-state index is 12.8. The van der Waals surface area contributed by atoms with Gasteiger partial charge in [0.2, 0.25) is 5.91 Å². The van der Waals surface area contributed by atoms with Crippen LogP contribution in [0.2, 0.25) is 0 Å². The summed E-state index contributed by atoms with van der Waals surface area (Å²) in [4.78, 5) is 25.5. The zero-order chi connectivity index (χ0) is 15.9. The number of likely N-dealkylation sites (tertiary alicyclic amines) is 1.